The van der Waals surface area contributed by atoms with Crippen molar-refractivity contribution in [2.45, 2.75) is 31.7 Å². The van der Waals surface area contributed by atoms with E-state index < -0.39 is 5.82 Å². The Hall–Kier alpha value is -1.62. The van der Waals surface area contributed by atoms with Gasteiger partial charge in [0, 0.05) is 32.2 Å². The molecule has 0 atom stereocenters. The molecule has 1 aromatic carbocycles. The zero-order valence-electron chi connectivity index (χ0n) is 12.8. The minimum Gasteiger partial charge on any atom is -0.481 e. The lowest BCUT2D eigenvalue weighted by atomic mass is 9.91. The smallest absolute Gasteiger partial charge is 0.260 e. The number of ether oxygens (including phenoxy) is 1. The molecule has 22 heavy (non-hydrogen) atoms. The highest BCUT2D eigenvalue weighted by molar-refractivity contribution is 5.77. The molecule has 0 spiro atoms. The van der Waals surface area contributed by atoms with E-state index in [1.807, 2.05) is 4.90 Å². The molecule has 1 aliphatic carbocycles. The van der Waals surface area contributed by atoms with Crippen molar-refractivity contribution in [3.8, 4) is 5.75 Å². The summed E-state index contributed by atoms with van der Waals surface area (Å²) in [5.41, 5.74) is 0. The summed E-state index contributed by atoms with van der Waals surface area (Å²) in [7, 11) is 0. The summed E-state index contributed by atoms with van der Waals surface area (Å²) in [6.45, 7) is 3.43. The predicted octanol–water partition coefficient (Wildman–Crippen LogP) is 2.29. The second-order valence-corrected chi connectivity index (χ2v) is 6.07. The second-order valence-electron chi connectivity index (χ2n) is 6.07. The summed E-state index contributed by atoms with van der Waals surface area (Å²) in [5.74, 6) is -0.345. The maximum Gasteiger partial charge on any atom is 0.260 e. The zero-order chi connectivity index (χ0) is 15.4. The van der Waals surface area contributed by atoms with Crippen molar-refractivity contribution in [1.82, 2.24) is 9.80 Å². The molecule has 3 rings (SSSR count). The molecule has 0 unspecified atom stereocenters. The van der Waals surface area contributed by atoms with Gasteiger partial charge in [0.1, 0.15) is 0 Å². The third-order valence-corrected chi connectivity index (χ3v) is 4.66. The number of para-hydroxylation sites is 1. The molecule has 5 heteroatoms. The molecule has 0 bridgehead atoms. The van der Waals surface area contributed by atoms with E-state index in [-0.39, 0.29) is 18.3 Å². The Bertz CT molecular complexity index is 519. The number of carbonyl (C=O) groups excluding carboxylic acids is 1. The number of hydrogen-bond donors (Lipinski definition) is 0. The van der Waals surface area contributed by atoms with Gasteiger partial charge in [0.2, 0.25) is 0 Å². The van der Waals surface area contributed by atoms with Crippen LogP contribution < -0.4 is 4.74 Å². The molecule has 0 aromatic heterocycles. The molecule has 2 aliphatic rings. The molecule has 4 nitrogen and oxygen atoms in total. The van der Waals surface area contributed by atoms with Gasteiger partial charge in [-0.25, -0.2) is 4.39 Å². The van der Waals surface area contributed by atoms with Crippen LogP contribution in [0.25, 0.3) is 0 Å². The second kappa shape index (κ2) is 7.09. The molecule has 1 aliphatic heterocycles. The topological polar surface area (TPSA) is 32.8 Å². The van der Waals surface area contributed by atoms with Crippen LogP contribution in [-0.2, 0) is 4.79 Å². The summed E-state index contributed by atoms with van der Waals surface area (Å²) in [6, 6.07) is 6.91. The Morgan fingerprint density at radius 1 is 1.14 bits per heavy atom. The number of nitrogens with zero attached hydrogens (tertiary/aromatic N) is 2. The van der Waals surface area contributed by atoms with Crippen LogP contribution in [0.5, 0.6) is 5.75 Å². The molecule has 2 fully saturated rings. The summed E-state index contributed by atoms with van der Waals surface area (Å²) in [4.78, 5) is 16.6. The Morgan fingerprint density at radius 2 is 1.95 bits per heavy atom. The van der Waals surface area contributed by atoms with Gasteiger partial charge in [0.15, 0.2) is 18.2 Å². The molecular formula is C17H23FN2O2. The Kier molecular flexibility index (Phi) is 4.93. The van der Waals surface area contributed by atoms with Gasteiger partial charge < -0.3 is 9.64 Å². The van der Waals surface area contributed by atoms with Crippen molar-refractivity contribution < 1.29 is 13.9 Å². The first-order valence-electron chi connectivity index (χ1n) is 8.13. The fraction of sp³-hybridized carbons (Fsp3) is 0.588. The molecule has 1 saturated carbocycles. The number of halogens is 1. The molecular weight excluding hydrogens is 283 g/mol. The highest BCUT2D eigenvalue weighted by atomic mass is 19.1. The average molecular weight is 306 g/mol. The summed E-state index contributed by atoms with van der Waals surface area (Å²) in [5, 5.41) is 0. The largest absolute Gasteiger partial charge is 0.481 e. The van der Waals surface area contributed by atoms with Gasteiger partial charge in [-0.1, -0.05) is 18.6 Å². The molecule has 120 valence electrons. The van der Waals surface area contributed by atoms with E-state index >= 15 is 0 Å². The quantitative estimate of drug-likeness (QED) is 0.855. The Labute approximate surface area is 130 Å². The Morgan fingerprint density at radius 3 is 2.68 bits per heavy atom. The Balaban J connectivity index is 1.48. The van der Waals surface area contributed by atoms with Crippen molar-refractivity contribution in [3.05, 3.63) is 30.1 Å². The van der Waals surface area contributed by atoms with Crippen LogP contribution in [0.3, 0.4) is 0 Å². The number of benzene rings is 1. The first kappa shape index (κ1) is 15.3. The monoisotopic (exact) mass is 306 g/mol. The van der Waals surface area contributed by atoms with E-state index in [1.165, 1.54) is 25.3 Å². The molecule has 0 radical (unpaired) electrons. The number of amides is 1. The van der Waals surface area contributed by atoms with E-state index in [9.17, 15) is 9.18 Å². The third-order valence-electron chi connectivity index (χ3n) is 4.66. The lowest BCUT2D eigenvalue weighted by Gasteiger charge is -2.36. The van der Waals surface area contributed by atoms with Gasteiger partial charge in [-0.3, -0.25) is 9.69 Å². The third kappa shape index (κ3) is 3.58. The van der Waals surface area contributed by atoms with Gasteiger partial charge in [-0.05, 0) is 31.4 Å². The van der Waals surface area contributed by atoms with Gasteiger partial charge in [0.05, 0.1) is 0 Å². The zero-order valence-corrected chi connectivity index (χ0v) is 12.8. The van der Waals surface area contributed by atoms with E-state index in [4.69, 9.17) is 4.74 Å². The minimum atomic E-state index is -0.428. The SMILES string of the molecule is O=C(COc1ccccc1F)N1CCCN(C2CCC2)CC1. The van der Waals surface area contributed by atoms with Crippen LogP contribution in [-0.4, -0.2) is 54.5 Å². The van der Waals surface area contributed by atoms with Crippen LogP contribution in [0.15, 0.2) is 24.3 Å². The van der Waals surface area contributed by atoms with Crippen LogP contribution in [0, 0.1) is 5.82 Å². The van der Waals surface area contributed by atoms with Crippen LogP contribution in [0.1, 0.15) is 25.7 Å². The lowest BCUT2D eigenvalue weighted by molar-refractivity contribution is -0.133. The predicted molar refractivity (Wildman–Crippen MR) is 82.3 cm³/mol. The number of carbonyl (C=O) groups is 1. The van der Waals surface area contributed by atoms with Crippen molar-refractivity contribution in [1.29, 1.82) is 0 Å². The van der Waals surface area contributed by atoms with Crippen molar-refractivity contribution in [2.75, 3.05) is 32.8 Å². The van der Waals surface area contributed by atoms with Gasteiger partial charge in [-0.2, -0.15) is 0 Å². The highest BCUT2D eigenvalue weighted by Crippen LogP contribution is 2.25. The molecule has 1 heterocycles. The van der Waals surface area contributed by atoms with E-state index in [2.05, 4.69) is 4.90 Å². The summed E-state index contributed by atoms with van der Waals surface area (Å²) >= 11 is 0. The maximum absolute atomic E-state index is 13.5. The fourth-order valence-corrected chi connectivity index (χ4v) is 3.10. The van der Waals surface area contributed by atoms with Crippen molar-refractivity contribution in [3.63, 3.8) is 0 Å². The van der Waals surface area contributed by atoms with Gasteiger partial charge in [-0.15, -0.1) is 0 Å². The van der Waals surface area contributed by atoms with E-state index in [0.717, 1.165) is 38.6 Å². The van der Waals surface area contributed by atoms with Crippen LogP contribution in [0.2, 0.25) is 0 Å². The molecule has 1 saturated heterocycles. The molecule has 0 N–H and O–H groups in total. The average Bonchev–Trinajstić information content (AvgIpc) is 2.70. The number of hydrogen-bond acceptors (Lipinski definition) is 3. The van der Waals surface area contributed by atoms with Crippen molar-refractivity contribution in [2.24, 2.45) is 0 Å². The standard InChI is InChI=1S/C17H23FN2O2/c18-15-7-1-2-8-16(15)22-13-17(21)20-10-4-9-19(11-12-20)14-5-3-6-14/h1-2,7-8,14H,3-6,9-13H2. The van der Waals surface area contributed by atoms with E-state index in [0.29, 0.717) is 0 Å². The van der Waals surface area contributed by atoms with E-state index in [1.54, 1.807) is 18.2 Å². The first-order valence-corrected chi connectivity index (χ1v) is 8.13. The minimum absolute atomic E-state index is 0.0567. The molecule has 1 aromatic rings. The number of rotatable bonds is 4. The normalized spacial score (nSPS) is 20.3. The summed E-state index contributed by atoms with van der Waals surface area (Å²) < 4.78 is 18.8. The van der Waals surface area contributed by atoms with Gasteiger partial charge in [0.25, 0.3) is 5.91 Å². The van der Waals surface area contributed by atoms with Crippen LogP contribution in [0.4, 0.5) is 4.39 Å². The first-order chi connectivity index (χ1) is 10.7. The lowest BCUT2D eigenvalue weighted by Crippen LogP contribution is -2.43. The summed E-state index contributed by atoms with van der Waals surface area (Å²) in [6.07, 6.45) is 4.93. The fourth-order valence-electron chi connectivity index (χ4n) is 3.10. The van der Waals surface area contributed by atoms with Crippen molar-refractivity contribution >= 4 is 5.91 Å². The highest BCUT2D eigenvalue weighted by Gasteiger charge is 2.27. The van der Waals surface area contributed by atoms with Crippen LogP contribution >= 0.6 is 0 Å². The van der Waals surface area contributed by atoms with Gasteiger partial charge >= 0.3 is 0 Å². The molecule has 1 amide bonds. The maximum atomic E-state index is 13.5.